The Kier molecular flexibility index (Phi) is 4.09. The third-order valence-corrected chi connectivity index (χ3v) is 3.41. The van der Waals surface area contributed by atoms with Gasteiger partial charge in [-0.05, 0) is 42.8 Å². The summed E-state index contributed by atoms with van der Waals surface area (Å²) in [5.41, 5.74) is 5.10. The van der Waals surface area contributed by atoms with E-state index in [9.17, 15) is 0 Å². The van der Waals surface area contributed by atoms with E-state index in [2.05, 4.69) is 36.1 Å². The predicted molar refractivity (Wildman–Crippen MR) is 80.0 cm³/mol. The molecule has 0 saturated heterocycles. The fraction of sp³-hybridized carbons (Fsp3) is 0.188. The summed E-state index contributed by atoms with van der Waals surface area (Å²) < 4.78 is 0. The molecule has 0 aliphatic carbocycles. The zero-order valence-electron chi connectivity index (χ0n) is 11.0. The number of rotatable bonds is 3. The lowest BCUT2D eigenvalue weighted by molar-refractivity contribution is 1.17. The van der Waals surface area contributed by atoms with E-state index >= 15 is 0 Å². The van der Waals surface area contributed by atoms with Gasteiger partial charge in [0.2, 0.25) is 0 Å². The molecule has 2 aromatic rings. The SMILES string of the molecule is Cc1ccc(N(C)c2ccc(C#N)cc2)c(CCl)c1. The summed E-state index contributed by atoms with van der Waals surface area (Å²) in [5.74, 6) is 0.484. The molecule has 0 radical (unpaired) electrons. The van der Waals surface area contributed by atoms with Crippen LogP contribution in [0.1, 0.15) is 16.7 Å². The third-order valence-electron chi connectivity index (χ3n) is 3.12. The summed E-state index contributed by atoms with van der Waals surface area (Å²) in [6.07, 6.45) is 0. The van der Waals surface area contributed by atoms with E-state index in [0.29, 0.717) is 11.4 Å². The number of anilines is 2. The van der Waals surface area contributed by atoms with Crippen LogP contribution in [0.15, 0.2) is 42.5 Å². The molecule has 0 bridgehead atoms. The Hall–Kier alpha value is -1.98. The van der Waals surface area contributed by atoms with Gasteiger partial charge in [0, 0.05) is 24.3 Å². The lowest BCUT2D eigenvalue weighted by Gasteiger charge is -2.22. The molecule has 2 rings (SSSR count). The van der Waals surface area contributed by atoms with Gasteiger partial charge in [-0.15, -0.1) is 11.6 Å². The smallest absolute Gasteiger partial charge is 0.0991 e. The van der Waals surface area contributed by atoms with Gasteiger partial charge in [0.05, 0.1) is 11.6 Å². The predicted octanol–water partition coefficient (Wildman–Crippen LogP) is 4.37. The minimum absolute atomic E-state index is 0.484. The number of hydrogen-bond acceptors (Lipinski definition) is 2. The van der Waals surface area contributed by atoms with Crippen molar-refractivity contribution in [3.8, 4) is 6.07 Å². The molecule has 19 heavy (non-hydrogen) atoms. The van der Waals surface area contributed by atoms with Crippen molar-refractivity contribution in [2.45, 2.75) is 12.8 Å². The van der Waals surface area contributed by atoms with Crippen LogP contribution in [0.4, 0.5) is 11.4 Å². The normalized spacial score (nSPS) is 10.0. The van der Waals surface area contributed by atoms with E-state index in [1.54, 1.807) is 0 Å². The Morgan fingerprint density at radius 1 is 1.16 bits per heavy atom. The van der Waals surface area contributed by atoms with Crippen molar-refractivity contribution < 1.29 is 0 Å². The van der Waals surface area contributed by atoms with Gasteiger partial charge in [0.15, 0.2) is 0 Å². The average Bonchev–Trinajstić information content (AvgIpc) is 2.46. The van der Waals surface area contributed by atoms with Gasteiger partial charge in [0.25, 0.3) is 0 Å². The number of halogens is 1. The van der Waals surface area contributed by atoms with Crippen molar-refractivity contribution in [2.24, 2.45) is 0 Å². The van der Waals surface area contributed by atoms with Gasteiger partial charge in [-0.3, -0.25) is 0 Å². The van der Waals surface area contributed by atoms with Crippen LogP contribution in [-0.4, -0.2) is 7.05 Å². The van der Waals surface area contributed by atoms with Crippen molar-refractivity contribution in [1.82, 2.24) is 0 Å². The van der Waals surface area contributed by atoms with Crippen LogP contribution in [0, 0.1) is 18.3 Å². The maximum absolute atomic E-state index is 8.82. The largest absolute Gasteiger partial charge is 0.344 e. The maximum Gasteiger partial charge on any atom is 0.0991 e. The lowest BCUT2D eigenvalue weighted by Crippen LogP contribution is -2.11. The topological polar surface area (TPSA) is 27.0 Å². The van der Waals surface area contributed by atoms with E-state index in [1.165, 1.54) is 5.56 Å². The highest BCUT2D eigenvalue weighted by Crippen LogP contribution is 2.29. The van der Waals surface area contributed by atoms with Crippen molar-refractivity contribution >= 4 is 23.0 Å². The van der Waals surface area contributed by atoms with E-state index in [1.807, 2.05) is 31.3 Å². The standard InChI is InChI=1S/C16H15ClN2/c1-12-3-8-16(14(9-12)10-17)19(2)15-6-4-13(11-18)5-7-15/h3-9H,10H2,1-2H3. The number of benzene rings is 2. The molecule has 2 nitrogen and oxygen atoms in total. The number of nitriles is 1. The molecule has 0 N–H and O–H groups in total. The molecule has 0 fully saturated rings. The molecule has 0 heterocycles. The van der Waals surface area contributed by atoms with Crippen LogP contribution in [0.5, 0.6) is 0 Å². The Morgan fingerprint density at radius 2 is 1.84 bits per heavy atom. The highest BCUT2D eigenvalue weighted by molar-refractivity contribution is 6.17. The molecule has 3 heteroatoms. The molecule has 0 spiro atoms. The van der Waals surface area contributed by atoms with E-state index in [0.717, 1.165) is 16.9 Å². The van der Waals surface area contributed by atoms with Crippen LogP contribution in [-0.2, 0) is 5.88 Å². The summed E-state index contributed by atoms with van der Waals surface area (Å²) in [7, 11) is 2.00. The summed E-state index contributed by atoms with van der Waals surface area (Å²) >= 11 is 6.01. The second kappa shape index (κ2) is 5.77. The number of nitrogens with zero attached hydrogens (tertiary/aromatic N) is 2. The fourth-order valence-corrected chi connectivity index (χ4v) is 2.26. The quantitative estimate of drug-likeness (QED) is 0.774. The van der Waals surface area contributed by atoms with Crippen LogP contribution in [0.2, 0.25) is 0 Å². The number of hydrogen-bond donors (Lipinski definition) is 0. The fourth-order valence-electron chi connectivity index (χ4n) is 2.05. The second-order valence-electron chi connectivity index (χ2n) is 4.48. The van der Waals surface area contributed by atoms with E-state index in [4.69, 9.17) is 16.9 Å². The molecule has 0 aliphatic heterocycles. The molecule has 0 amide bonds. The van der Waals surface area contributed by atoms with Crippen LogP contribution < -0.4 is 4.90 Å². The minimum atomic E-state index is 0.484. The lowest BCUT2D eigenvalue weighted by atomic mass is 10.1. The molecule has 0 saturated carbocycles. The van der Waals surface area contributed by atoms with Crippen molar-refractivity contribution in [2.75, 3.05) is 11.9 Å². The first kappa shape index (κ1) is 13.5. The summed E-state index contributed by atoms with van der Waals surface area (Å²) in [4.78, 5) is 2.08. The molecule has 0 unspecified atom stereocenters. The van der Waals surface area contributed by atoms with Gasteiger partial charge in [-0.2, -0.15) is 5.26 Å². The molecule has 0 atom stereocenters. The van der Waals surface area contributed by atoms with E-state index in [-0.39, 0.29) is 0 Å². The van der Waals surface area contributed by atoms with Crippen molar-refractivity contribution in [1.29, 1.82) is 5.26 Å². The van der Waals surface area contributed by atoms with Crippen molar-refractivity contribution in [3.05, 3.63) is 59.2 Å². The van der Waals surface area contributed by atoms with Gasteiger partial charge >= 0.3 is 0 Å². The first-order chi connectivity index (χ1) is 9.15. The number of alkyl halides is 1. The second-order valence-corrected chi connectivity index (χ2v) is 4.75. The van der Waals surface area contributed by atoms with Crippen LogP contribution in [0.25, 0.3) is 0 Å². The molecular weight excluding hydrogens is 256 g/mol. The Bertz CT molecular complexity index is 612. The summed E-state index contributed by atoms with van der Waals surface area (Å²) in [5, 5.41) is 8.82. The Labute approximate surface area is 118 Å². The van der Waals surface area contributed by atoms with Crippen LogP contribution in [0.3, 0.4) is 0 Å². The van der Waals surface area contributed by atoms with Gasteiger partial charge in [0.1, 0.15) is 0 Å². The van der Waals surface area contributed by atoms with Gasteiger partial charge < -0.3 is 4.90 Å². The van der Waals surface area contributed by atoms with Gasteiger partial charge in [-0.25, -0.2) is 0 Å². The summed E-state index contributed by atoms with van der Waals surface area (Å²) in [6.45, 7) is 2.06. The number of aryl methyl sites for hydroxylation is 1. The molecular formula is C16H15ClN2. The summed E-state index contributed by atoms with van der Waals surface area (Å²) in [6, 6.07) is 15.9. The Morgan fingerprint density at radius 3 is 2.42 bits per heavy atom. The van der Waals surface area contributed by atoms with Crippen molar-refractivity contribution in [3.63, 3.8) is 0 Å². The highest BCUT2D eigenvalue weighted by atomic mass is 35.5. The van der Waals surface area contributed by atoms with Crippen LogP contribution >= 0.6 is 11.6 Å². The maximum atomic E-state index is 8.82. The first-order valence-electron chi connectivity index (χ1n) is 6.05. The molecule has 0 aromatic heterocycles. The highest BCUT2D eigenvalue weighted by Gasteiger charge is 2.09. The minimum Gasteiger partial charge on any atom is -0.344 e. The Balaban J connectivity index is 2.38. The van der Waals surface area contributed by atoms with E-state index < -0.39 is 0 Å². The first-order valence-corrected chi connectivity index (χ1v) is 6.58. The molecule has 0 aliphatic rings. The molecule has 96 valence electrons. The van der Waals surface area contributed by atoms with Gasteiger partial charge in [-0.1, -0.05) is 17.7 Å². The zero-order valence-corrected chi connectivity index (χ0v) is 11.8. The monoisotopic (exact) mass is 270 g/mol. The third kappa shape index (κ3) is 2.89. The molecule has 2 aromatic carbocycles. The average molecular weight is 271 g/mol. The zero-order chi connectivity index (χ0) is 13.8.